The van der Waals surface area contributed by atoms with E-state index >= 15 is 0 Å². The molecule has 3 aromatic rings. The van der Waals surface area contributed by atoms with Crippen molar-refractivity contribution in [1.29, 1.82) is 0 Å². The van der Waals surface area contributed by atoms with Crippen molar-refractivity contribution in [2.45, 2.75) is 72.6 Å². The first kappa shape index (κ1) is 24.5. The van der Waals surface area contributed by atoms with Crippen LogP contribution in [0.5, 0.6) is 5.75 Å². The normalized spacial score (nSPS) is 12.3. The fraction of sp³-hybridized carbons (Fsp3) is 0.400. The van der Waals surface area contributed by atoms with E-state index in [1.54, 1.807) is 0 Å². The van der Waals surface area contributed by atoms with Gasteiger partial charge in [0.25, 0.3) is 0 Å². The molecule has 0 aliphatic heterocycles. The van der Waals surface area contributed by atoms with Gasteiger partial charge in [0.05, 0.1) is 7.11 Å². The molecule has 0 spiro atoms. The molecule has 0 bridgehead atoms. The van der Waals surface area contributed by atoms with Crippen LogP contribution in [0.3, 0.4) is 0 Å². The van der Waals surface area contributed by atoms with Crippen LogP contribution in [0, 0.1) is 20.8 Å². The first-order valence-electron chi connectivity index (χ1n) is 11.5. The van der Waals surface area contributed by atoms with Gasteiger partial charge in [0.15, 0.2) is 0 Å². The lowest BCUT2D eigenvalue weighted by Gasteiger charge is -2.43. The summed E-state index contributed by atoms with van der Waals surface area (Å²) in [5.74, 6) is 1.01. The Labute approximate surface area is 197 Å². The van der Waals surface area contributed by atoms with Crippen LogP contribution in [-0.2, 0) is 0 Å². The number of aryl methyl sites for hydroxylation is 2. The molecule has 3 rings (SSSR count). The topological polar surface area (TPSA) is 9.23 Å². The average Bonchev–Trinajstić information content (AvgIpc) is 2.67. The Morgan fingerprint density at radius 3 is 1.78 bits per heavy atom. The Balaban J connectivity index is 2.43. The maximum atomic E-state index is 6.01. The molecular weight excluding hydrogens is 407 g/mol. The monoisotopic (exact) mass is 446 g/mol. The van der Waals surface area contributed by atoms with Gasteiger partial charge in [-0.25, -0.2) is 0 Å². The van der Waals surface area contributed by atoms with E-state index < -0.39 is 7.92 Å². The van der Waals surface area contributed by atoms with Crippen molar-refractivity contribution in [1.82, 2.24) is 0 Å². The number of hydrogen-bond donors (Lipinski definition) is 0. The van der Waals surface area contributed by atoms with Gasteiger partial charge in [-0.1, -0.05) is 98.0 Å². The number of ether oxygens (including phenoxy) is 1. The fourth-order valence-corrected chi connectivity index (χ4v) is 9.61. The molecule has 0 aliphatic carbocycles. The summed E-state index contributed by atoms with van der Waals surface area (Å²) in [6.45, 7) is 21.1. The van der Waals surface area contributed by atoms with E-state index in [0.717, 1.165) is 5.75 Å². The molecule has 0 N–H and O–H groups in total. The van der Waals surface area contributed by atoms with E-state index in [4.69, 9.17) is 4.74 Å². The first-order valence-corrected chi connectivity index (χ1v) is 12.9. The lowest BCUT2D eigenvalue weighted by atomic mass is 9.86. The largest absolute Gasteiger partial charge is 0.496 e. The molecule has 0 unspecified atom stereocenters. The molecule has 0 amide bonds. The third-order valence-corrected chi connectivity index (χ3v) is 9.68. The molecule has 0 saturated carbocycles. The van der Waals surface area contributed by atoms with Gasteiger partial charge in [-0.15, -0.1) is 0 Å². The van der Waals surface area contributed by atoms with E-state index in [1.807, 2.05) is 7.11 Å². The zero-order valence-corrected chi connectivity index (χ0v) is 22.4. The quantitative estimate of drug-likeness (QED) is 0.364. The number of rotatable bonds is 4. The third kappa shape index (κ3) is 4.65. The summed E-state index contributed by atoms with van der Waals surface area (Å²) >= 11 is 0. The van der Waals surface area contributed by atoms with Gasteiger partial charge in [-0.3, -0.25) is 0 Å². The van der Waals surface area contributed by atoms with Crippen LogP contribution in [0.15, 0.2) is 54.6 Å². The van der Waals surface area contributed by atoms with Gasteiger partial charge in [-0.05, 0) is 76.1 Å². The van der Waals surface area contributed by atoms with Crippen LogP contribution >= 0.6 is 7.92 Å². The minimum absolute atomic E-state index is 0.145. The molecule has 0 fully saturated rings. The minimum Gasteiger partial charge on any atom is -0.496 e. The Bertz CT molecular complexity index is 1080. The van der Waals surface area contributed by atoms with E-state index in [1.165, 1.54) is 44.2 Å². The molecule has 2 heteroatoms. The molecule has 0 aromatic heterocycles. The summed E-state index contributed by atoms with van der Waals surface area (Å²) in [5, 5.41) is 1.68. The average molecular weight is 447 g/mol. The minimum atomic E-state index is -0.530. The van der Waals surface area contributed by atoms with Gasteiger partial charge in [0.2, 0.25) is 0 Å². The first-order chi connectivity index (χ1) is 14.9. The lowest BCUT2D eigenvalue weighted by Crippen LogP contribution is -2.32. The maximum absolute atomic E-state index is 6.01. The Morgan fingerprint density at radius 2 is 1.25 bits per heavy atom. The van der Waals surface area contributed by atoms with Crippen LogP contribution in [0.2, 0.25) is 0 Å². The van der Waals surface area contributed by atoms with Crippen LogP contribution in [0.25, 0.3) is 22.3 Å². The van der Waals surface area contributed by atoms with Crippen LogP contribution in [-0.4, -0.2) is 17.4 Å². The second-order valence-electron chi connectivity index (χ2n) is 10.8. The highest BCUT2D eigenvalue weighted by atomic mass is 31.1. The Kier molecular flexibility index (Phi) is 6.92. The van der Waals surface area contributed by atoms with Crippen molar-refractivity contribution in [2.24, 2.45) is 0 Å². The summed E-state index contributed by atoms with van der Waals surface area (Å²) in [6.07, 6.45) is 0. The molecular formula is C30H39OP. The van der Waals surface area contributed by atoms with Gasteiger partial charge >= 0.3 is 0 Å². The van der Waals surface area contributed by atoms with Gasteiger partial charge in [-0.2, -0.15) is 0 Å². The molecule has 0 heterocycles. The molecule has 1 nitrogen and oxygen atoms in total. The van der Waals surface area contributed by atoms with Crippen molar-refractivity contribution in [3.05, 3.63) is 71.3 Å². The highest BCUT2D eigenvalue weighted by Gasteiger charge is 2.39. The fourth-order valence-electron chi connectivity index (χ4n) is 5.45. The van der Waals surface area contributed by atoms with E-state index in [-0.39, 0.29) is 10.3 Å². The predicted molar refractivity (Wildman–Crippen MR) is 144 cm³/mol. The second-order valence-corrected chi connectivity index (χ2v) is 14.6. The standard InChI is InChI=1S/C30H39OP/c1-20-19-21(2)27(22(3)26(20)23-15-12-11-13-16-23)24-17-14-18-25(31-10)28(24)32(29(4,5)6)30(7,8)9/h11-19H,1-10H3. The van der Waals surface area contributed by atoms with Crippen molar-refractivity contribution in [3.8, 4) is 28.0 Å². The molecule has 3 aromatic carbocycles. The second kappa shape index (κ2) is 9.03. The summed E-state index contributed by atoms with van der Waals surface area (Å²) in [5.41, 5.74) is 9.30. The smallest absolute Gasteiger partial charge is 0.127 e. The van der Waals surface area contributed by atoms with Gasteiger partial charge in [0.1, 0.15) is 5.75 Å². The van der Waals surface area contributed by atoms with Crippen LogP contribution in [0.4, 0.5) is 0 Å². The predicted octanol–water partition coefficient (Wildman–Crippen LogP) is 8.66. The number of methoxy groups -OCH3 is 1. The third-order valence-electron chi connectivity index (χ3n) is 6.09. The van der Waals surface area contributed by atoms with Crippen molar-refractivity contribution in [3.63, 3.8) is 0 Å². The SMILES string of the molecule is COc1cccc(-c2c(C)cc(C)c(-c3ccccc3)c2C)c1P(C(C)(C)C)C(C)(C)C. The van der Waals surface area contributed by atoms with Crippen molar-refractivity contribution >= 4 is 13.2 Å². The zero-order chi connectivity index (χ0) is 23.8. The van der Waals surface area contributed by atoms with Gasteiger partial charge in [0, 0.05) is 5.30 Å². The zero-order valence-electron chi connectivity index (χ0n) is 21.6. The van der Waals surface area contributed by atoms with E-state index in [9.17, 15) is 0 Å². The maximum Gasteiger partial charge on any atom is 0.127 e. The van der Waals surface area contributed by atoms with E-state index in [0.29, 0.717) is 0 Å². The Morgan fingerprint density at radius 1 is 0.688 bits per heavy atom. The van der Waals surface area contributed by atoms with Crippen LogP contribution in [0.1, 0.15) is 58.2 Å². The number of benzene rings is 3. The highest BCUT2D eigenvalue weighted by molar-refractivity contribution is 7.69. The van der Waals surface area contributed by atoms with Gasteiger partial charge < -0.3 is 4.74 Å². The summed E-state index contributed by atoms with van der Waals surface area (Å²) in [7, 11) is 1.28. The molecule has 0 saturated heterocycles. The summed E-state index contributed by atoms with van der Waals surface area (Å²) < 4.78 is 6.01. The molecule has 0 atom stereocenters. The molecule has 0 aliphatic rings. The van der Waals surface area contributed by atoms with Crippen molar-refractivity contribution < 1.29 is 4.74 Å². The lowest BCUT2D eigenvalue weighted by molar-refractivity contribution is 0.418. The summed E-state index contributed by atoms with van der Waals surface area (Å²) in [4.78, 5) is 0. The van der Waals surface area contributed by atoms with E-state index in [2.05, 4.69) is 117 Å². The molecule has 0 radical (unpaired) electrons. The summed E-state index contributed by atoms with van der Waals surface area (Å²) in [6, 6.07) is 19.7. The van der Waals surface area contributed by atoms with Crippen LogP contribution < -0.4 is 10.0 Å². The van der Waals surface area contributed by atoms with Crippen molar-refractivity contribution in [2.75, 3.05) is 7.11 Å². The molecule has 32 heavy (non-hydrogen) atoms. The Hall–Kier alpha value is -2.11. The number of hydrogen-bond acceptors (Lipinski definition) is 1. The highest BCUT2D eigenvalue weighted by Crippen LogP contribution is 2.61. The molecule has 170 valence electrons.